The van der Waals surface area contributed by atoms with Gasteiger partial charge in [-0.15, -0.1) is 0 Å². The van der Waals surface area contributed by atoms with Gasteiger partial charge in [-0.3, -0.25) is 19.2 Å². The predicted molar refractivity (Wildman–Crippen MR) is 114 cm³/mol. The molecule has 4 atom stereocenters. The Morgan fingerprint density at radius 1 is 1.03 bits per heavy atom. The molecule has 1 saturated heterocycles. The molecular weight excluding hydrogens is 436 g/mol. The van der Waals surface area contributed by atoms with Crippen molar-refractivity contribution in [2.45, 2.75) is 50.9 Å². The van der Waals surface area contributed by atoms with Crippen molar-refractivity contribution >= 4 is 23.5 Å². The van der Waals surface area contributed by atoms with Gasteiger partial charge in [-0.2, -0.15) is 0 Å². The summed E-state index contributed by atoms with van der Waals surface area (Å²) in [6.45, 7) is 5.55. The maximum absolute atomic E-state index is 13.0. The van der Waals surface area contributed by atoms with Gasteiger partial charge < -0.3 is 34.7 Å². The highest BCUT2D eigenvalue weighted by atomic mass is 16.6. The van der Waals surface area contributed by atoms with E-state index in [-0.39, 0.29) is 30.6 Å². The minimum atomic E-state index is -1.11. The number of carbonyl (C=O) groups is 4. The molecule has 2 rings (SSSR count). The minimum absolute atomic E-state index is 0.0130. The molecule has 1 aromatic heterocycles. The average molecular weight is 469 g/mol. The quantitative estimate of drug-likeness (QED) is 0.304. The predicted octanol–water partition coefficient (Wildman–Crippen LogP) is -0.560. The van der Waals surface area contributed by atoms with Gasteiger partial charge in [0, 0.05) is 20.3 Å². The fourth-order valence-corrected chi connectivity index (χ4v) is 3.13. The van der Waals surface area contributed by atoms with Crippen LogP contribution >= 0.6 is 0 Å². The maximum atomic E-state index is 13.0. The summed E-state index contributed by atoms with van der Waals surface area (Å²) in [5.74, 6) is -1.99. The van der Waals surface area contributed by atoms with Crippen LogP contribution in [0.1, 0.15) is 37.7 Å². The van der Waals surface area contributed by atoms with Gasteiger partial charge in [0.15, 0.2) is 11.5 Å². The molecular formula is C21H32N4O8. The fraction of sp³-hybridized carbons (Fsp3) is 0.667. The van der Waals surface area contributed by atoms with Crippen LogP contribution in [0.4, 0.5) is 0 Å². The van der Waals surface area contributed by atoms with Crippen molar-refractivity contribution in [3.05, 3.63) is 18.0 Å². The Balaban J connectivity index is 2.07. The van der Waals surface area contributed by atoms with Gasteiger partial charge in [-0.1, -0.05) is 19.0 Å². The zero-order chi connectivity index (χ0) is 24.6. The standard InChI is InChI=1S/C21H32N4O8/c1-12(2)8-14(17(26)21(3)11-32-21)22-19(28)15(9-30-4)24-20(29)16(10-31-5)23-18(27)13-6-7-33-25-13/h6-7,12,14-16H,8-11H2,1-5H3,(H,22,28)(H,23,27)(H,24,29). The normalized spacial score (nSPS) is 19.9. The summed E-state index contributed by atoms with van der Waals surface area (Å²) in [5, 5.41) is 11.3. The second-order valence-corrected chi connectivity index (χ2v) is 8.46. The number of ketones is 1. The Bertz CT molecular complexity index is 822. The van der Waals surface area contributed by atoms with Crippen molar-refractivity contribution in [2.24, 2.45) is 5.92 Å². The molecule has 0 aromatic carbocycles. The Labute approximate surface area is 192 Å². The summed E-state index contributed by atoms with van der Waals surface area (Å²) in [6.07, 6.45) is 1.64. The summed E-state index contributed by atoms with van der Waals surface area (Å²) >= 11 is 0. The third-order valence-electron chi connectivity index (χ3n) is 5.03. The van der Waals surface area contributed by atoms with E-state index in [0.29, 0.717) is 13.0 Å². The Morgan fingerprint density at radius 2 is 1.58 bits per heavy atom. The van der Waals surface area contributed by atoms with Crippen LogP contribution in [-0.2, 0) is 28.6 Å². The molecule has 184 valence electrons. The van der Waals surface area contributed by atoms with E-state index in [9.17, 15) is 19.2 Å². The first-order valence-corrected chi connectivity index (χ1v) is 10.6. The van der Waals surface area contributed by atoms with Crippen LogP contribution in [-0.4, -0.2) is 86.4 Å². The molecule has 0 radical (unpaired) electrons. The van der Waals surface area contributed by atoms with Gasteiger partial charge >= 0.3 is 0 Å². The second-order valence-electron chi connectivity index (χ2n) is 8.46. The number of nitrogens with zero attached hydrogens (tertiary/aromatic N) is 1. The van der Waals surface area contributed by atoms with Crippen molar-refractivity contribution in [1.82, 2.24) is 21.1 Å². The molecule has 0 bridgehead atoms. The largest absolute Gasteiger partial charge is 0.382 e. The molecule has 0 aliphatic carbocycles. The zero-order valence-corrected chi connectivity index (χ0v) is 19.5. The van der Waals surface area contributed by atoms with Crippen LogP contribution in [0.15, 0.2) is 16.9 Å². The number of hydrogen-bond acceptors (Lipinski definition) is 9. The van der Waals surface area contributed by atoms with Crippen molar-refractivity contribution < 1.29 is 37.9 Å². The van der Waals surface area contributed by atoms with Gasteiger partial charge in [0.25, 0.3) is 5.91 Å². The molecule has 12 heteroatoms. The molecule has 1 fully saturated rings. The maximum Gasteiger partial charge on any atom is 0.274 e. The Hall–Kier alpha value is -2.83. The number of Topliss-reactive ketones (excluding diaryl/α,β-unsaturated/α-hetero) is 1. The van der Waals surface area contributed by atoms with Crippen LogP contribution in [0, 0.1) is 5.92 Å². The molecule has 12 nitrogen and oxygen atoms in total. The van der Waals surface area contributed by atoms with Gasteiger partial charge in [-0.25, -0.2) is 0 Å². The van der Waals surface area contributed by atoms with Crippen molar-refractivity contribution in [1.29, 1.82) is 0 Å². The first-order chi connectivity index (χ1) is 15.6. The van der Waals surface area contributed by atoms with E-state index in [1.54, 1.807) is 6.92 Å². The lowest BCUT2D eigenvalue weighted by Crippen LogP contribution is -2.58. The molecule has 1 aliphatic heterocycles. The van der Waals surface area contributed by atoms with E-state index in [0.717, 1.165) is 0 Å². The highest BCUT2D eigenvalue weighted by Crippen LogP contribution is 2.29. The number of ether oxygens (including phenoxy) is 3. The summed E-state index contributed by atoms with van der Waals surface area (Å²) in [6, 6.07) is -1.66. The van der Waals surface area contributed by atoms with Gasteiger partial charge in [0.2, 0.25) is 11.8 Å². The third kappa shape index (κ3) is 7.62. The lowest BCUT2D eigenvalue weighted by Gasteiger charge is -2.26. The van der Waals surface area contributed by atoms with Crippen LogP contribution in [0.25, 0.3) is 0 Å². The highest BCUT2D eigenvalue weighted by molar-refractivity contribution is 5.99. The van der Waals surface area contributed by atoms with Crippen molar-refractivity contribution in [3.8, 4) is 0 Å². The number of amides is 3. The number of epoxide rings is 1. The van der Waals surface area contributed by atoms with Crippen LogP contribution in [0.5, 0.6) is 0 Å². The first-order valence-electron chi connectivity index (χ1n) is 10.6. The smallest absolute Gasteiger partial charge is 0.274 e. The zero-order valence-electron chi connectivity index (χ0n) is 19.5. The van der Waals surface area contributed by atoms with E-state index in [1.165, 1.54) is 26.5 Å². The molecule has 33 heavy (non-hydrogen) atoms. The monoisotopic (exact) mass is 468 g/mol. The van der Waals surface area contributed by atoms with E-state index in [1.807, 2.05) is 13.8 Å². The summed E-state index contributed by atoms with van der Waals surface area (Å²) in [5.41, 5.74) is -0.914. The Kier molecular flexibility index (Phi) is 9.50. The van der Waals surface area contributed by atoms with Crippen LogP contribution in [0.2, 0.25) is 0 Å². The third-order valence-corrected chi connectivity index (χ3v) is 5.03. The molecule has 3 N–H and O–H groups in total. The lowest BCUT2D eigenvalue weighted by molar-refractivity contribution is -0.134. The average Bonchev–Trinajstić information content (AvgIpc) is 3.27. The second kappa shape index (κ2) is 11.9. The van der Waals surface area contributed by atoms with E-state index >= 15 is 0 Å². The Morgan fingerprint density at radius 3 is 2.03 bits per heavy atom. The van der Waals surface area contributed by atoms with Crippen molar-refractivity contribution in [2.75, 3.05) is 34.0 Å². The lowest BCUT2D eigenvalue weighted by atomic mass is 9.93. The number of hydrogen-bond donors (Lipinski definition) is 3. The summed E-state index contributed by atoms with van der Waals surface area (Å²) < 4.78 is 20.0. The fourth-order valence-electron chi connectivity index (χ4n) is 3.13. The number of rotatable bonds is 14. The number of nitrogens with one attached hydrogen (secondary N) is 3. The van der Waals surface area contributed by atoms with E-state index in [2.05, 4.69) is 25.6 Å². The van der Waals surface area contributed by atoms with Crippen LogP contribution < -0.4 is 16.0 Å². The molecule has 3 amide bonds. The molecule has 4 unspecified atom stereocenters. The minimum Gasteiger partial charge on any atom is -0.382 e. The summed E-state index contributed by atoms with van der Waals surface area (Å²) in [4.78, 5) is 50.8. The molecule has 1 aliphatic rings. The van der Waals surface area contributed by atoms with Gasteiger partial charge in [-0.05, 0) is 19.3 Å². The number of methoxy groups -OCH3 is 2. The van der Waals surface area contributed by atoms with Crippen LogP contribution in [0.3, 0.4) is 0 Å². The molecule has 0 spiro atoms. The van der Waals surface area contributed by atoms with Crippen molar-refractivity contribution in [3.63, 3.8) is 0 Å². The van der Waals surface area contributed by atoms with Gasteiger partial charge in [0.05, 0.1) is 25.9 Å². The number of aromatic nitrogens is 1. The molecule has 0 saturated carbocycles. The molecule has 2 heterocycles. The van der Waals surface area contributed by atoms with E-state index in [4.69, 9.17) is 14.2 Å². The SMILES string of the molecule is COCC(NC(=O)c1ccon1)C(=O)NC(COC)C(=O)NC(CC(C)C)C(=O)C1(C)CO1. The van der Waals surface area contributed by atoms with E-state index < -0.39 is 41.4 Å². The highest BCUT2D eigenvalue weighted by Gasteiger charge is 2.50. The topological polar surface area (TPSA) is 161 Å². The first kappa shape index (κ1) is 26.4. The summed E-state index contributed by atoms with van der Waals surface area (Å²) in [7, 11) is 2.74. The van der Waals surface area contributed by atoms with Gasteiger partial charge in [0.1, 0.15) is 23.9 Å². The number of carbonyl (C=O) groups excluding carboxylic acids is 4. The molecule has 1 aromatic rings.